The highest BCUT2D eigenvalue weighted by atomic mass is 35.5. The van der Waals surface area contributed by atoms with Gasteiger partial charge in [0.2, 0.25) is 0 Å². The monoisotopic (exact) mass is 594 g/mol. The molecule has 0 aliphatic rings. The SMILES string of the molecule is Clc1cc(-c2ccc3c4ccccc4c4ccccc4c3c2)ccc1Oc1ccc2oc3cccc4c5ccccc5c1c2c34. The van der Waals surface area contributed by atoms with Gasteiger partial charge in [0.15, 0.2) is 0 Å². The fourth-order valence-corrected chi connectivity index (χ4v) is 7.59. The maximum Gasteiger partial charge on any atom is 0.146 e. The molecule has 0 radical (unpaired) electrons. The minimum atomic E-state index is 0.560. The largest absolute Gasteiger partial charge is 0.456 e. The number of rotatable bonds is 3. The van der Waals surface area contributed by atoms with E-state index in [4.69, 9.17) is 20.8 Å². The molecular weight excluding hydrogens is 572 g/mol. The molecule has 0 atom stereocenters. The number of fused-ring (bicyclic) bond motifs is 9. The minimum absolute atomic E-state index is 0.560. The van der Waals surface area contributed by atoms with E-state index in [-0.39, 0.29) is 0 Å². The Kier molecular flexibility index (Phi) is 5.09. The number of benzene rings is 9. The number of hydrogen-bond donors (Lipinski definition) is 0. The van der Waals surface area contributed by atoms with Crippen LogP contribution in [0.4, 0.5) is 0 Å². The van der Waals surface area contributed by atoms with Crippen LogP contribution in [0.15, 0.2) is 144 Å². The van der Waals surface area contributed by atoms with Crippen molar-refractivity contribution in [3.63, 3.8) is 0 Å². The third-order valence-electron chi connectivity index (χ3n) is 9.34. The summed E-state index contributed by atoms with van der Waals surface area (Å²) < 4.78 is 12.9. The Bertz CT molecular complexity index is 2770. The molecule has 210 valence electrons. The van der Waals surface area contributed by atoms with Crippen LogP contribution in [0.2, 0.25) is 5.02 Å². The van der Waals surface area contributed by atoms with E-state index >= 15 is 0 Å². The van der Waals surface area contributed by atoms with E-state index in [0.29, 0.717) is 10.8 Å². The summed E-state index contributed by atoms with van der Waals surface area (Å²) in [6, 6.07) is 48.8. The minimum Gasteiger partial charge on any atom is -0.456 e. The van der Waals surface area contributed by atoms with E-state index in [2.05, 4.69) is 109 Å². The van der Waals surface area contributed by atoms with Gasteiger partial charge in [-0.15, -0.1) is 0 Å². The molecule has 1 aromatic heterocycles. The molecule has 0 aliphatic heterocycles. The van der Waals surface area contributed by atoms with Crippen molar-refractivity contribution in [1.82, 2.24) is 0 Å². The molecule has 10 rings (SSSR count). The molecule has 45 heavy (non-hydrogen) atoms. The highest BCUT2D eigenvalue weighted by molar-refractivity contribution is 6.35. The molecule has 0 spiro atoms. The lowest BCUT2D eigenvalue weighted by molar-refractivity contribution is 0.489. The lowest BCUT2D eigenvalue weighted by atomic mass is 9.92. The van der Waals surface area contributed by atoms with Crippen LogP contribution in [0.5, 0.6) is 11.5 Å². The van der Waals surface area contributed by atoms with Crippen molar-refractivity contribution in [2.75, 3.05) is 0 Å². The first-order valence-corrected chi connectivity index (χ1v) is 15.5. The van der Waals surface area contributed by atoms with E-state index in [1.165, 1.54) is 43.1 Å². The molecule has 0 saturated heterocycles. The van der Waals surface area contributed by atoms with Crippen LogP contribution in [0.1, 0.15) is 0 Å². The zero-order chi connectivity index (χ0) is 29.6. The lowest BCUT2D eigenvalue weighted by Crippen LogP contribution is -1.90. The van der Waals surface area contributed by atoms with E-state index in [1.807, 2.05) is 30.3 Å². The van der Waals surface area contributed by atoms with Gasteiger partial charge in [-0.2, -0.15) is 0 Å². The summed E-state index contributed by atoms with van der Waals surface area (Å²) >= 11 is 6.98. The van der Waals surface area contributed by atoms with Crippen LogP contribution in [0.25, 0.3) is 86.9 Å². The average Bonchev–Trinajstić information content (AvgIpc) is 3.48. The van der Waals surface area contributed by atoms with Crippen molar-refractivity contribution >= 4 is 87.4 Å². The van der Waals surface area contributed by atoms with Crippen molar-refractivity contribution in [2.24, 2.45) is 0 Å². The van der Waals surface area contributed by atoms with Crippen LogP contribution in [0.3, 0.4) is 0 Å². The predicted octanol–water partition coefficient (Wildman–Crippen LogP) is 12.9. The van der Waals surface area contributed by atoms with Crippen molar-refractivity contribution in [1.29, 1.82) is 0 Å². The molecule has 0 fully saturated rings. The summed E-state index contributed by atoms with van der Waals surface area (Å²) in [5.41, 5.74) is 3.89. The first kappa shape index (κ1) is 24.8. The van der Waals surface area contributed by atoms with E-state index < -0.39 is 0 Å². The second kappa shape index (κ2) is 9.22. The summed E-state index contributed by atoms with van der Waals surface area (Å²) in [6.07, 6.45) is 0. The van der Waals surface area contributed by atoms with Crippen molar-refractivity contribution < 1.29 is 9.15 Å². The molecule has 0 aliphatic carbocycles. The highest BCUT2D eigenvalue weighted by Crippen LogP contribution is 2.47. The highest BCUT2D eigenvalue weighted by Gasteiger charge is 2.20. The predicted molar refractivity (Wildman–Crippen MR) is 189 cm³/mol. The van der Waals surface area contributed by atoms with Crippen molar-refractivity contribution in [3.8, 4) is 22.6 Å². The molecule has 0 N–H and O–H groups in total. The standard InChI is InChI=1S/C42H23ClO2/c43-35-23-25(24-16-18-31-28-10-2-1-8-26(28)27-9-3-4-11-29(27)34(31)22-24)17-19-36(35)44-38-20-21-39-42-40-33(14-7-15-37(40)45-39)30-12-5-6-13-32(30)41(38)42/h1-23H. The number of furan rings is 1. The molecule has 0 bridgehead atoms. The smallest absolute Gasteiger partial charge is 0.146 e. The third-order valence-corrected chi connectivity index (χ3v) is 9.64. The van der Waals surface area contributed by atoms with E-state index in [1.54, 1.807) is 0 Å². The van der Waals surface area contributed by atoms with Gasteiger partial charge in [0.25, 0.3) is 0 Å². The van der Waals surface area contributed by atoms with Gasteiger partial charge < -0.3 is 9.15 Å². The van der Waals surface area contributed by atoms with Crippen LogP contribution >= 0.6 is 11.6 Å². The van der Waals surface area contributed by atoms with Crippen molar-refractivity contribution in [2.45, 2.75) is 0 Å². The number of ether oxygens (including phenoxy) is 1. The van der Waals surface area contributed by atoms with Gasteiger partial charge in [-0.3, -0.25) is 0 Å². The van der Waals surface area contributed by atoms with E-state index in [0.717, 1.165) is 49.6 Å². The normalized spacial score (nSPS) is 12.1. The van der Waals surface area contributed by atoms with Crippen LogP contribution in [-0.4, -0.2) is 0 Å². The summed E-state index contributed by atoms with van der Waals surface area (Å²) in [5.74, 6) is 1.37. The maximum absolute atomic E-state index is 6.98. The van der Waals surface area contributed by atoms with Crippen LogP contribution < -0.4 is 4.74 Å². The van der Waals surface area contributed by atoms with Gasteiger partial charge in [0.1, 0.15) is 22.7 Å². The second-order valence-electron chi connectivity index (χ2n) is 11.7. The van der Waals surface area contributed by atoms with Gasteiger partial charge in [0.05, 0.1) is 5.02 Å². The van der Waals surface area contributed by atoms with Crippen LogP contribution in [-0.2, 0) is 0 Å². The molecule has 1 heterocycles. The van der Waals surface area contributed by atoms with Gasteiger partial charge in [0, 0.05) is 16.2 Å². The van der Waals surface area contributed by atoms with Crippen molar-refractivity contribution in [3.05, 3.63) is 145 Å². The molecule has 0 saturated carbocycles. The Morgan fingerprint density at radius 3 is 1.60 bits per heavy atom. The zero-order valence-corrected chi connectivity index (χ0v) is 24.7. The van der Waals surface area contributed by atoms with Gasteiger partial charge in [-0.05, 0) is 96.0 Å². The molecule has 2 nitrogen and oxygen atoms in total. The summed E-state index contributed by atoms with van der Waals surface area (Å²) in [7, 11) is 0. The fraction of sp³-hybridized carbons (Fsp3) is 0. The Hall–Kier alpha value is -5.57. The Morgan fingerprint density at radius 1 is 0.378 bits per heavy atom. The number of halogens is 1. The summed E-state index contributed by atoms with van der Waals surface area (Å²) in [6.45, 7) is 0. The molecular formula is C42H23ClO2. The first-order valence-electron chi connectivity index (χ1n) is 15.1. The molecule has 0 amide bonds. The molecule has 0 unspecified atom stereocenters. The van der Waals surface area contributed by atoms with Gasteiger partial charge >= 0.3 is 0 Å². The maximum atomic E-state index is 6.98. The third kappa shape index (κ3) is 3.52. The van der Waals surface area contributed by atoms with Crippen LogP contribution in [0, 0.1) is 0 Å². The molecule has 3 heteroatoms. The summed E-state index contributed by atoms with van der Waals surface area (Å²) in [5, 5.41) is 14.8. The molecule has 9 aromatic carbocycles. The Morgan fingerprint density at radius 2 is 0.889 bits per heavy atom. The summed E-state index contributed by atoms with van der Waals surface area (Å²) in [4.78, 5) is 0. The zero-order valence-electron chi connectivity index (χ0n) is 24.0. The number of hydrogen-bond acceptors (Lipinski definition) is 2. The first-order chi connectivity index (χ1) is 22.2. The molecule has 10 aromatic rings. The van der Waals surface area contributed by atoms with Gasteiger partial charge in [-0.1, -0.05) is 115 Å². The quantitative estimate of drug-likeness (QED) is 0.190. The Labute approximate surface area is 263 Å². The average molecular weight is 595 g/mol. The Balaban J connectivity index is 1.11. The second-order valence-corrected chi connectivity index (χ2v) is 12.1. The van der Waals surface area contributed by atoms with E-state index in [9.17, 15) is 0 Å². The fourth-order valence-electron chi connectivity index (χ4n) is 7.37. The van der Waals surface area contributed by atoms with Gasteiger partial charge in [-0.25, -0.2) is 0 Å². The topological polar surface area (TPSA) is 22.4 Å². The lowest BCUT2D eigenvalue weighted by Gasteiger charge is -2.15.